The molecule has 0 aliphatic carbocycles. The van der Waals surface area contributed by atoms with Gasteiger partial charge >= 0.3 is 0 Å². The molecule has 0 unspecified atom stereocenters. The Morgan fingerprint density at radius 2 is 1.77 bits per heavy atom. The minimum atomic E-state index is -0.341. The number of aromatic nitrogens is 2. The van der Waals surface area contributed by atoms with Crippen molar-refractivity contribution in [2.24, 2.45) is 0 Å². The van der Waals surface area contributed by atoms with Crippen molar-refractivity contribution in [1.82, 2.24) is 19.6 Å². The number of rotatable bonds is 7. The molecule has 1 saturated heterocycles. The van der Waals surface area contributed by atoms with E-state index < -0.39 is 0 Å². The minimum Gasteiger partial charge on any atom is -0.351 e. The molecule has 4 rings (SSSR count). The van der Waals surface area contributed by atoms with E-state index in [-0.39, 0.29) is 11.7 Å². The summed E-state index contributed by atoms with van der Waals surface area (Å²) in [6.07, 6.45) is 0.755. The number of nitrogens with one attached hydrogen (secondary N) is 1. The zero-order valence-electron chi connectivity index (χ0n) is 16.6. The van der Waals surface area contributed by atoms with Gasteiger partial charge in [0.25, 0.3) is 5.91 Å². The van der Waals surface area contributed by atoms with Crippen LogP contribution in [0.3, 0.4) is 0 Å². The fourth-order valence-electron chi connectivity index (χ4n) is 3.42. The number of carbonyl (C=O) groups excluding carboxylic acids is 1. The van der Waals surface area contributed by atoms with Gasteiger partial charge in [0, 0.05) is 62.8 Å². The predicted molar refractivity (Wildman–Crippen MR) is 117 cm³/mol. The van der Waals surface area contributed by atoms with Gasteiger partial charge in [-0.05, 0) is 29.8 Å². The predicted octanol–water partition coefficient (Wildman–Crippen LogP) is 2.82. The summed E-state index contributed by atoms with van der Waals surface area (Å²) in [5, 5.41) is 3.88. The Balaban J connectivity index is 1.20. The van der Waals surface area contributed by atoms with E-state index in [4.69, 9.17) is 4.98 Å². The van der Waals surface area contributed by atoms with Crippen LogP contribution in [0.1, 0.15) is 21.7 Å². The number of amides is 1. The molecule has 2 heterocycles. The van der Waals surface area contributed by atoms with Crippen LogP contribution in [-0.4, -0.2) is 59.4 Å². The Hall–Kier alpha value is -2.84. The third kappa shape index (κ3) is 5.40. The lowest BCUT2D eigenvalue weighted by atomic mass is 10.1. The summed E-state index contributed by atoms with van der Waals surface area (Å²) >= 11 is 1.46. The van der Waals surface area contributed by atoms with E-state index in [2.05, 4.69) is 31.6 Å². The first kappa shape index (κ1) is 20.4. The van der Waals surface area contributed by atoms with E-state index in [1.165, 1.54) is 41.4 Å². The van der Waals surface area contributed by atoms with Crippen molar-refractivity contribution in [3.05, 3.63) is 77.4 Å². The van der Waals surface area contributed by atoms with Crippen LogP contribution >= 0.6 is 11.5 Å². The number of halogens is 1. The lowest BCUT2D eigenvalue weighted by Crippen LogP contribution is -2.48. The van der Waals surface area contributed by atoms with Crippen molar-refractivity contribution in [3.63, 3.8) is 0 Å². The smallest absolute Gasteiger partial charge is 0.251 e. The molecule has 3 aromatic rings. The highest BCUT2D eigenvalue weighted by molar-refractivity contribution is 7.09. The van der Waals surface area contributed by atoms with Gasteiger partial charge in [-0.15, -0.1) is 0 Å². The molecule has 1 N–H and O–H groups in total. The van der Waals surface area contributed by atoms with Gasteiger partial charge in [0.1, 0.15) is 11.6 Å². The molecule has 1 fully saturated rings. The van der Waals surface area contributed by atoms with E-state index in [9.17, 15) is 9.18 Å². The molecule has 1 aromatic heterocycles. The van der Waals surface area contributed by atoms with Gasteiger partial charge in [-0.1, -0.05) is 30.3 Å². The van der Waals surface area contributed by atoms with Crippen LogP contribution in [0.15, 0.2) is 54.6 Å². The summed E-state index contributed by atoms with van der Waals surface area (Å²) in [6, 6.07) is 15.8. The van der Waals surface area contributed by atoms with E-state index in [0.717, 1.165) is 50.1 Å². The highest BCUT2D eigenvalue weighted by Gasteiger charge is 2.20. The summed E-state index contributed by atoms with van der Waals surface area (Å²) in [4.78, 5) is 21.4. The summed E-state index contributed by atoms with van der Waals surface area (Å²) in [7, 11) is 0. The quantitative estimate of drug-likeness (QED) is 0.631. The minimum absolute atomic E-state index is 0.173. The van der Waals surface area contributed by atoms with Gasteiger partial charge in [-0.25, -0.2) is 9.37 Å². The van der Waals surface area contributed by atoms with E-state index in [1.807, 2.05) is 18.2 Å². The lowest BCUT2D eigenvalue weighted by molar-refractivity contribution is 0.0947. The molecule has 6 nitrogen and oxygen atoms in total. The number of anilines is 1. The molecule has 0 spiro atoms. The van der Waals surface area contributed by atoms with Gasteiger partial charge in [-0.2, -0.15) is 4.37 Å². The highest BCUT2D eigenvalue weighted by Crippen LogP contribution is 2.20. The second-order valence-electron chi connectivity index (χ2n) is 7.25. The number of nitrogens with zero attached hydrogens (tertiary/aromatic N) is 4. The first-order valence-electron chi connectivity index (χ1n) is 10.0. The monoisotopic (exact) mass is 425 g/mol. The zero-order valence-corrected chi connectivity index (χ0v) is 17.4. The Morgan fingerprint density at radius 3 is 2.50 bits per heavy atom. The molecule has 1 aliphatic heterocycles. The van der Waals surface area contributed by atoms with E-state index in [0.29, 0.717) is 12.1 Å². The molecular formula is C22H24FN5OS. The first-order valence-corrected chi connectivity index (χ1v) is 10.8. The molecule has 8 heteroatoms. The summed E-state index contributed by atoms with van der Waals surface area (Å²) in [5.41, 5.74) is 1.69. The van der Waals surface area contributed by atoms with Crippen LogP contribution in [0.4, 0.5) is 9.52 Å². The highest BCUT2D eigenvalue weighted by atomic mass is 32.1. The number of piperazine rings is 1. The normalized spacial score (nSPS) is 14.6. The Kier molecular flexibility index (Phi) is 6.66. The third-order valence-corrected chi connectivity index (χ3v) is 5.94. The molecule has 156 valence electrons. The van der Waals surface area contributed by atoms with Crippen molar-refractivity contribution in [3.8, 4) is 0 Å². The molecule has 0 atom stereocenters. The van der Waals surface area contributed by atoms with Crippen LogP contribution in [-0.2, 0) is 6.42 Å². The molecule has 1 amide bonds. The Labute approximate surface area is 179 Å². The van der Waals surface area contributed by atoms with Crippen molar-refractivity contribution in [1.29, 1.82) is 0 Å². The van der Waals surface area contributed by atoms with Crippen molar-refractivity contribution in [2.45, 2.75) is 6.42 Å². The third-order valence-electron chi connectivity index (χ3n) is 5.13. The molecule has 30 heavy (non-hydrogen) atoms. The molecule has 0 saturated carbocycles. The Bertz CT molecular complexity index is 955. The standard InChI is InChI=1S/C22H24FN5OS/c23-19-8-6-18(7-9-19)21(29)24-10-11-27-12-14-28(15-13-27)22-25-20(26-30-22)16-17-4-2-1-3-5-17/h1-9H,10-16H2,(H,24,29). The fourth-order valence-corrected chi connectivity index (χ4v) is 4.15. The van der Waals surface area contributed by atoms with Gasteiger partial charge in [-0.3, -0.25) is 9.69 Å². The van der Waals surface area contributed by atoms with E-state index in [1.54, 1.807) is 0 Å². The summed E-state index contributed by atoms with van der Waals surface area (Å²) < 4.78 is 17.5. The first-order chi connectivity index (χ1) is 14.7. The van der Waals surface area contributed by atoms with Gasteiger partial charge in [0.15, 0.2) is 0 Å². The summed E-state index contributed by atoms with van der Waals surface area (Å²) in [5.74, 6) is 0.354. The van der Waals surface area contributed by atoms with Crippen LogP contribution in [0.2, 0.25) is 0 Å². The van der Waals surface area contributed by atoms with Crippen LogP contribution in [0, 0.1) is 5.82 Å². The van der Waals surface area contributed by atoms with Crippen LogP contribution in [0.5, 0.6) is 0 Å². The Morgan fingerprint density at radius 1 is 1.03 bits per heavy atom. The molecule has 0 radical (unpaired) electrons. The maximum atomic E-state index is 12.9. The fraction of sp³-hybridized carbons (Fsp3) is 0.318. The van der Waals surface area contributed by atoms with E-state index >= 15 is 0 Å². The number of benzene rings is 2. The second-order valence-corrected chi connectivity index (χ2v) is 7.98. The van der Waals surface area contributed by atoms with Crippen molar-refractivity contribution >= 4 is 22.6 Å². The molecular weight excluding hydrogens is 401 g/mol. The average Bonchev–Trinajstić information content (AvgIpc) is 3.24. The number of hydrogen-bond donors (Lipinski definition) is 1. The average molecular weight is 426 g/mol. The molecule has 2 aromatic carbocycles. The van der Waals surface area contributed by atoms with Gasteiger partial charge < -0.3 is 10.2 Å². The van der Waals surface area contributed by atoms with Crippen molar-refractivity contribution in [2.75, 3.05) is 44.2 Å². The van der Waals surface area contributed by atoms with Crippen LogP contribution in [0.25, 0.3) is 0 Å². The molecule has 0 bridgehead atoms. The largest absolute Gasteiger partial charge is 0.351 e. The number of hydrogen-bond acceptors (Lipinski definition) is 6. The molecule has 1 aliphatic rings. The SMILES string of the molecule is O=C(NCCN1CCN(c2nc(Cc3ccccc3)ns2)CC1)c1ccc(F)cc1. The second kappa shape index (κ2) is 9.77. The summed E-state index contributed by atoms with van der Waals surface area (Å²) in [6.45, 7) is 4.98. The zero-order chi connectivity index (χ0) is 20.8. The maximum absolute atomic E-state index is 12.9. The van der Waals surface area contributed by atoms with Crippen LogP contribution < -0.4 is 10.2 Å². The maximum Gasteiger partial charge on any atom is 0.251 e. The van der Waals surface area contributed by atoms with Gasteiger partial charge in [0.05, 0.1) is 0 Å². The van der Waals surface area contributed by atoms with Crippen molar-refractivity contribution < 1.29 is 9.18 Å². The lowest BCUT2D eigenvalue weighted by Gasteiger charge is -2.34. The number of carbonyl (C=O) groups is 1. The van der Waals surface area contributed by atoms with Gasteiger partial charge in [0.2, 0.25) is 5.13 Å². The topological polar surface area (TPSA) is 61.4 Å².